The quantitative estimate of drug-likeness (QED) is 0.787. The maximum atomic E-state index is 12.9. The van der Waals surface area contributed by atoms with Crippen LogP contribution in [0.1, 0.15) is 28.4 Å². The van der Waals surface area contributed by atoms with Gasteiger partial charge in [0.2, 0.25) is 5.89 Å². The summed E-state index contributed by atoms with van der Waals surface area (Å²) in [5.41, 5.74) is -3.07. The minimum Gasteiger partial charge on any atom is -0.340 e. The van der Waals surface area contributed by atoms with Crippen LogP contribution in [-0.4, -0.2) is 10.1 Å². The molecule has 0 atom stereocenters. The van der Waals surface area contributed by atoms with E-state index in [0.29, 0.717) is 6.07 Å². The highest BCUT2D eigenvalue weighted by Crippen LogP contribution is 2.37. The molecule has 1 aromatic carbocycles. The van der Waals surface area contributed by atoms with Crippen LogP contribution in [0.2, 0.25) is 0 Å². The summed E-state index contributed by atoms with van der Waals surface area (Å²) in [7, 11) is 0. The van der Waals surface area contributed by atoms with Crippen molar-refractivity contribution in [2.45, 2.75) is 25.7 Å². The number of hydrogen-bond acceptors (Lipinski definition) is 3. The standard InChI is InChI=1S/C12H8F6N2O/c1-6-19-10(20-21-6)4-7-2-3-8(11(13,14)15)5-9(7)12(16,17)18/h2-3,5H,4H2,1H3. The van der Waals surface area contributed by atoms with Crippen LogP contribution in [0.5, 0.6) is 0 Å². The number of halogens is 6. The molecule has 114 valence electrons. The highest BCUT2D eigenvalue weighted by molar-refractivity contribution is 5.37. The van der Waals surface area contributed by atoms with Gasteiger partial charge in [-0.15, -0.1) is 0 Å². The van der Waals surface area contributed by atoms with Crippen LogP contribution >= 0.6 is 0 Å². The van der Waals surface area contributed by atoms with Crippen molar-refractivity contribution in [2.75, 3.05) is 0 Å². The van der Waals surface area contributed by atoms with E-state index in [0.717, 1.165) is 6.07 Å². The van der Waals surface area contributed by atoms with Gasteiger partial charge in [-0.3, -0.25) is 0 Å². The summed E-state index contributed by atoms with van der Waals surface area (Å²) in [6, 6.07) is 1.46. The fourth-order valence-corrected chi connectivity index (χ4v) is 1.75. The lowest BCUT2D eigenvalue weighted by Crippen LogP contribution is -2.14. The molecule has 0 unspecified atom stereocenters. The molecule has 3 nitrogen and oxygen atoms in total. The fraction of sp³-hybridized carbons (Fsp3) is 0.333. The molecule has 0 saturated heterocycles. The monoisotopic (exact) mass is 310 g/mol. The molecule has 0 amide bonds. The molecule has 0 fully saturated rings. The Kier molecular flexibility index (Phi) is 3.68. The smallest absolute Gasteiger partial charge is 0.340 e. The molecule has 0 aliphatic heterocycles. The molecule has 0 aliphatic rings. The zero-order valence-electron chi connectivity index (χ0n) is 10.5. The molecule has 1 heterocycles. The number of nitrogens with zero attached hydrogens (tertiary/aromatic N) is 2. The molecule has 0 N–H and O–H groups in total. The van der Waals surface area contributed by atoms with E-state index in [4.69, 9.17) is 0 Å². The van der Waals surface area contributed by atoms with Crippen LogP contribution in [0.4, 0.5) is 26.3 Å². The molecule has 0 aliphatic carbocycles. The van der Waals surface area contributed by atoms with Crippen molar-refractivity contribution in [3.63, 3.8) is 0 Å². The molecule has 0 spiro atoms. The van der Waals surface area contributed by atoms with Crippen molar-refractivity contribution in [1.82, 2.24) is 10.1 Å². The molecule has 2 aromatic rings. The summed E-state index contributed by atoms with van der Waals surface area (Å²) in [5.74, 6) is 0.128. The van der Waals surface area contributed by atoms with Crippen LogP contribution in [-0.2, 0) is 18.8 Å². The van der Waals surface area contributed by atoms with E-state index in [2.05, 4.69) is 14.7 Å². The van der Waals surface area contributed by atoms with E-state index in [-0.39, 0.29) is 29.8 Å². The van der Waals surface area contributed by atoms with E-state index in [1.165, 1.54) is 6.92 Å². The Balaban J connectivity index is 2.45. The normalized spacial score (nSPS) is 12.7. The Bertz CT molecular complexity index is 644. The molecule has 0 saturated carbocycles. The maximum Gasteiger partial charge on any atom is 0.416 e. The van der Waals surface area contributed by atoms with E-state index in [1.54, 1.807) is 0 Å². The number of hydrogen-bond donors (Lipinski definition) is 0. The first-order chi connectivity index (χ1) is 9.57. The molecule has 2 rings (SSSR count). The molecule has 1 aromatic heterocycles. The molecular formula is C12H8F6N2O. The second-order valence-corrected chi connectivity index (χ2v) is 4.27. The lowest BCUT2D eigenvalue weighted by Gasteiger charge is -2.15. The van der Waals surface area contributed by atoms with E-state index >= 15 is 0 Å². The minimum absolute atomic E-state index is 0.0299. The van der Waals surface area contributed by atoms with Gasteiger partial charge in [0, 0.05) is 13.3 Å². The van der Waals surface area contributed by atoms with Crippen molar-refractivity contribution in [2.24, 2.45) is 0 Å². The molecule has 0 bridgehead atoms. The Morgan fingerprint density at radius 3 is 2.19 bits per heavy atom. The van der Waals surface area contributed by atoms with E-state index in [9.17, 15) is 26.3 Å². The highest BCUT2D eigenvalue weighted by Gasteiger charge is 2.38. The van der Waals surface area contributed by atoms with Crippen LogP contribution < -0.4 is 0 Å². The summed E-state index contributed by atoms with van der Waals surface area (Å²) in [4.78, 5) is 3.73. The lowest BCUT2D eigenvalue weighted by molar-refractivity contribution is -0.143. The first kappa shape index (κ1) is 15.3. The number of benzene rings is 1. The first-order valence-electron chi connectivity index (χ1n) is 5.64. The Labute approximate surface area is 114 Å². The zero-order chi connectivity index (χ0) is 15.8. The topological polar surface area (TPSA) is 38.9 Å². The van der Waals surface area contributed by atoms with Crippen molar-refractivity contribution in [3.8, 4) is 0 Å². The number of alkyl halides is 6. The highest BCUT2D eigenvalue weighted by atomic mass is 19.4. The summed E-state index contributed by atoms with van der Waals surface area (Å²) < 4.78 is 80.8. The molecular weight excluding hydrogens is 302 g/mol. The van der Waals surface area contributed by atoms with Gasteiger partial charge >= 0.3 is 12.4 Å². The average Bonchev–Trinajstić information content (AvgIpc) is 2.72. The number of aromatic nitrogens is 2. The molecule has 0 radical (unpaired) electrons. The minimum atomic E-state index is -4.91. The van der Waals surface area contributed by atoms with Crippen molar-refractivity contribution >= 4 is 0 Å². The van der Waals surface area contributed by atoms with Gasteiger partial charge in [0.15, 0.2) is 5.82 Å². The van der Waals surface area contributed by atoms with Crippen LogP contribution in [0.15, 0.2) is 22.7 Å². The fourth-order valence-electron chi connectivity index (χ4n) is 1.75. The SMILES string of the molecule is Cc1nc(Cc2ccc(C(F)(F)F)cc2C(F)(F)F)no1. The van der Waals surface area contributed by atoms with Crippen molar-refractivity contribution in [1.29, 1.82) is 0 Å². The molecule has 21 heavy (non-hydrogen) atoms. The van der Waals surface area contributed by atoms with Gasteiger partial charge in [-0.2, -0.15) is 31.3 Å². The summed E-state index contributed by atoms with van der Waals surface area (Å²) in [6.45, 7) is 1.45. The second kappa shape index (κ2) is 5.05. The maximum absolute atomic E-state index is 12.9. The average molecular weight is 310 g/mol. The summed E-state index contributed by atoms with van der Waals surface area (Å²) in [6.07, 6.45) is -10.1. The van der Waals surface area contributed by atoms with Gasteiger partial charge < -0.3 is 4.52 Å². The number of aryl methyl sites for hydroxylation is 1. The third kappa shape index (κ3) is 3.53. The molecule has 9 heteroatoms. The Morgan fingerprint density at radius 1 is 1.05 bits per heavy atom. The summed E-state index contributed by atoms with van der Waals surface area (Å²) >= 11 is 0. The van der Waals surface area contributed by atoms with Gasteiger partial charge in [-0.05, 0) is 17.7 Å². The van der Waals surface area contributed by atoms with Gasteiger partial charge in [0.05, 0.1) is 11.1 Å². The van der Waals surface area contributed by atoms with Crippen LogP contribution in [0.3, 0.4) is 0 Å². The Hall–Kier alpha value is -2.06. The lowest BCUT2D eigenvalue weighted by atomic mass is 10.0. The number of rotatable bonds is 2. The van der Waals surface area contributed by atoms with Crippen molar-refractivity contribution in [3.05, 3.63) is 46.6 Å². The van der Waals surface area contributed by atoms with Gasteiger partial charge in [0.25, 0.3) is 0 Å². The second-order valence-electron chi connectivity index (χ2n) is 4.27. The third-order valence-electron chi connectivity index (χ3n) is 2.66. The van der Waals surface area contributed by atoms with Crippen LogP contribution in [0, 0.1) is 6.92 Å². The predicted octanol–water partition coefficient (Wildman–Crippen LogP) is 4.01. The van der Waals surface area contributed by atoms with Gasteiger partial charge in [0.1, 0.15) is 0 Å². The predicted molar refractivity (Wildman–Crippen MR) is 58.3 cm³/mol. The van der Waals surface area contributed by atoms with Gasteiger partial charge in [-0.25, -0.2) is 0 Å². The van der Waals surface area contributed by atoms with E-state index < -0.39 is 23.5 Å². The summed E-state index contributed by atoms with van der Waals surface area (Å²) in [5, 5.41) is 3.43. The van der Waals surface area contributed by atoms with Gasteiger partial charge in [-0.1, -0.05) is 11.2 Å². The third-order valence-corrected chi connectivity index (χ3v) is 2.66. The van der Waals surface area contributed by atoms with Crippen molar-refractivity contribution < 1.29 is 30.9 Å². The van der Waals surface area contributed by atoms with Crippen LogP contribution in [0.25, 0.3) is 0 Å². The van der Waals surface area contributed by atoms with E-state index in [1.807, 2.05) is 0 Å². The Morgan fingerprint density at radius 2 is 1.71 bits per heavy atom. The zero-order valence-corrected chi connectivity index (χ0v) is 10.5. The first-order valence-corrected chi connectivity index (χ1v) is 5.64. The largest absolute Gasteiger partial charge is 0.416 e.